The molecule has 19 heavy (non-hydrogen) atoms. The second kappa shape index (κ2) is 4.56. The first-order valence-corrected chi connectivity index (χ1v) is 5.94. The van der Waals surface area contributed by atoms with Gasteiger partial charge < -0.3 is 5.32 Å². The number of rotatable bonds is 3. The van der Waals surface area contributed by atoms with Crippen LogP contribution >= 0.6 is 0 Å². The van der Waals surface area contributed by atoms with Crippen molar-refractivity contribution < 1.29 is 4.79 Å². The van der Waals surface area contributed by atoms with Crippen molar-refractivity contribution in [1.82, 2.24) is 25.3 Å². The van der Waals surface area contributed by atoms with Gasteiger partial charge in [-0.25, -0.2) is 0 Å². The molecule has 1 aromatic carbocycles. The van der Waals surface area contributed by atoms with Gasteiger partial charge in [0.15, 0.2) is 5.69 Å². The molecule has 0 aliphatic rings. The summed E-state index contributed by atoms with van der Waals surface area (Å²) in [6, 6.07) is 9.48. The van der Waals surface area contributed by atoms with Gasteiger partial charge in [0.2, 0.25) is 0 Å². The molecule has 0 saturated carbocycles. The fourth-order valence-corrected chi connectivity index (χ4v) is 2.02. The average molecular weight is 255 g/mol. The summed E-state index contributed by atoms with van der Waals surface area (Å²) in [5.74, 6) is -0.189. The van der Waals surface area contributed by atoms with E-state index in [1.54, 1.807) is 10.9 Å². The third kappa shape index (κ3) is 2.08. The maximum absolute atomic E-state index is 12.1. The zero-order valence-corrected chi connectivity index (χ0v) is 10.4. The predicted molar refractivity (Wildman–Crippen MR) is 70.5 cm³/mol. The summed E-state index contributed by atoms with van der Waals surface area (Å²) in [5.41, 5.74) is 2.24. The summed E-state index contributed by atoms with van der Waals surface area (Å²) in [7, 11) is 1.83. The fraction of sp³-hybridized carbons (Fsp3) is 0.154. The van der Waals surface area contributed by atoms with Gasteiger partial charge in [-0.3, -0.25) is 14.6 Å². The SMILES string of the molecule is Cn1nc(C(=O)NCc2ccn[nH]2)c2ccccc21. The Morgan fingerprint density at radius 3 is 3.00 bits per heavy atom. The molecule has 0 radical (unpaired) electrons. The Hall–Kier alpha value is -2.63. The summed E-state index contributed by atoms with van der Waals surface area (Å²) in [5, 5.41) is 14.6. The third-order valence-electron chi connectivity index (χ3n) is 2.97. The summed E-state index contributed by atoms with van der Waals surface area (Å²) >= 11 is 0. The largest absolute Gasteiger partial charge is 0.345 e. The molecule has 96 valence electrons. The maximum atomic E-state index is 12.1. The van der Waals surface area contributed by atoms with Crippen LogP contribution in [-0.4, -0.2) is 25.9 Å². The molecule has 0 aliphatic heterocycles. The minimum absolute atomic E-state index is 0.189. The number of hydrogen-bond donors (Lipinski definition) is 2. The van der Waals surface area contributed by atoms with Crippen LogP contribution in [0, 0.1) is 0 Å². The minimum atomic E-state index is -0.189. The maximum Gasteiger partial charge on any atom is 0.272 e. The van der Waals surface area contributed by atoms with Gasteiger partial charge in [0.25, 0.3) is 5.91 Å². The Labute approximate surface area is 109 Å². The van der Waals surface area contributed by atoms with E-state index in [1.165, 1.54) is 0 Å². The topological polar surface area (TPSA) is 75.6 Å². The number of nitrogens with zero attached hydrogens (tertiary/aromatic N) is 3. The number of nitrogens with one attached hydrogen (secondary N) is 2. The molecule has 1 amide bonds. The van der Waals surface area contributed by atoms with Crippen LogP contribution in [0.25, 0.3) is 10.9 Å². The molecule has 2 N–H and O–H groups in total. The van der Waals surface area contributed by atoms with Crippen LogP contribution < -0.4 is 5.32 Å². The van der Waals surface area contributed by atoms with Crippen LogP contribution in [-0.2, 0) is 13.6 Å². The van der Waals surface area contributed by atoms with E-state index in [4.69, 9.17) is 0 Å². The number of aromatic nitrogens is 4. The Bertz CT molecular complexity index is 714. The predicted octanol–water partition coefficient (Wildman–Crippen LogP) is 1.23. The molecule has 0 unspecified atom stereocenters. The second-order valence-corrected chi connectivity index (χ2v) is 4.25. The number of H-pyrrole nitrogens is 1. The third-order valence-corrected chi connectivity index (χ3v) is 2.97. The van der Waals surface area contributed by atoms with Gasteiger partial charge in [-0.15, -0.1) is 0 Å². The minimum Gasteiger partial charge on any atom is -0.345 e. The molecule has 0 saturated heterocycles. The molecule has 6 nitrogen and oxygen atoms in total. The van der Waals surface area contributed by atoms with Gasteiger partial charge in [0.1, 0.15) is 0 Å². The first-order valence-electron chi connectivity index (χ1n) is 5.94. The van der Waals surface area contributed by atoms with Crippen LogP contribution in [0.3, 0.4) is 0 Å². The average Bonchev–Trinajstić information content (AvgIpc) is 3.05. The van der Waals surface area contributed by atoms with Crippen LogP contribution in [0.5, 0.6) is 0 Å². The quantitative estimate of drug-likeness (QED) is 0.739. The highest BCUT2D eigenvalue weighted by Crippen LogP contribution is 2.17. The Morgan fingerprint density at radius 1 is 1.37 bits per heavy atom. The highest BCUT2D eigenvalue weighted by molar-refractivity contribution is 6.04. The molecule has 6 heteroatoms. The zero-order valence-electron chi connectivity index (χ0n) is 10.4. The van der Waals surface area contributed by atoms with Gasteiger partial charge in [-0.2, -0.15) is 10.2 Å². The fourth-order valence-electron chi connectivity index (χ4n) is 2.02. The van der Waals surface area contributed by atoms with Crippen LogP contribution in [0.2, 0.25) is 0 Å². The number of benzene rings is 1. The van der Waals surface area contributed by atoms with Crippen LogP contribution in [0.1, 0.15) is 16.2 Å². The lowest BCUT2D eigenvalue weighted by atomic mass is 10.2. The van der Waals surface area contributed by atoms with Gasteiger partial charge in [-0.1, -0.05) is 18.2 Å². The summed E-state index contributed by atoms with van der Waals surface area (Å²) in [4.78, 5) is 12.1. The van der Waals surface area contributed by atoms with E-state index < -0.39 is 0 Å². The molecule has 0 fully saturated rings. The van der Waals surface area contributed by atoms with E-state index in [0.717, 1.165) is 16.6 Å². The molecule has 3 aromatic rings. The monoisotopic (exact) mass is 255 g/mol. The van der Waals surface area contributed by atoms with Crippen molar-refractivity contribution in [3.05, 3.63) is 47.9 Å². The van der Waals surface area contributed by atoms with Crippen molar-refractivity contribution in [3.8, 4) is 0 Å². The van der Waals surface area contributed by atoms with Crippen LogP contribution in [0.4, 0.5) is 0 Å². The number of carbonyl (C=O) groups is 1. The van der Waals surface area contributed by atoms with E-state index >= 15 is 0 Å². The van der Waals surface area contributed by atoms with Crippen LogP contribution in [0.15, 0.2) is 36.5 Å². The van der Waals surface area contributed by atoms with Gasteiger partial charge >= 0.3 is 0 Å². The Kier molecular flexibility index (Phi) is 2.75. The number of amides is 1. The normalized spacial score (nSPS) is 10.8. The van der Waals surface area contributed by atoms with Crippen molar-refractivity contribution >= 4 is 16.8 Å². The molecule has 2 aromatic heterocycles. The van der Waals surface area contributed by atoms with E-state index in [-0.39, 0.29) is 5.91 Å². The number of fused-ring (bicyclic) bond motifs is 1. The van der Waals surface area contributed by atoms with Crippen molar-refractivity contribution in [2.75, 3.05) is 0 Å². The van der Waals surface area contributed by atoms with Crippen molar-refractivity contribution in [2.45, 2.75) is 6.54 Å². The zero-order chi connectivity index (χ0) is 13.2. The summed E-state index contributed by atoms with van der Waals surface area (Å²) in [6.45, 7) is 0.406. The molecule has 2 heterocycles. The summed E-state index contributed by atoms with van der Waals surface area (Å²) in [6.07, 6.45) is 1.65. The Balaban J connectivity index is 1.85. The molecular weight excluding hydrogens is 242 g/mol. The van der Waals surface area contributed by atoms with E-state index in [9.17, 15) is 4.79 Å². The number of aromatic amines is 1. The summed E-state index contributed by atoms with van der Waals surface area (Å²) < 4.78 is 1.71. The van der Waals surface area contributed by atoms with Gasteiger partial charge in [0.05, 0.1) is 17.8 Å². The molecule has 0 aliphatic carbocycles. The molecule has 0 bridgehead atoms. The standard InChI is InChI=1S/C13H13N5O/c1-18-11-5-3-2-4-10(11)12(17-18)13(19)14-8-9-6-7-15-16-9/h2-7H,8H2,1H3,(H,14,19)(H,15,16). The van der Waals surface area contributed by atoms with Gasteiger partial charge in [0, 0.05) is 18.6 Å². The smallest absolute Gasteiger partial charge is 0.272 e. The lowest BCUT2D eigenvalue weighted by molar-refractivity contribution is 0.0946. The number of aryl methyl sites for hydroxylation is 1. The van der Waals surface area contributed by atoms with E-state index in [2.05, 4.69) is 20.6 Å². The first kappa shape index (κ1) is 11.5. The molecular formula is C13H13N5O. The number of hydrogen-bond acceptors (Lipinski definition) is 3. The van der Waals surface area contributed by atoms with Crippen molar-refractivity contribution in [2.24, 2.45) is 7.05 Å². The lowest BCUT2D eigenvalue weighted by Gasteiger charge is -2.00. The molecule has 0 atom stereocenters. The van der Waals surface area contributed by atoms with E-state index in [1.807, 2.05) is 37.4 Å². The first-order chi connectivity index (χ1) is 9.25. The highest BCUT2D eigenvalue weighted by Gasteiger charge is 2.15. The molecule has 3 rings (SSSR count). The Morgan fingerprint density at radius 2 is 2.21 bits per heavy atom. The second-order valence-electron chi connectivity index (χ2n) is 4.25. The van der Waals surface area contributed by atoms with Gasteiger partial charge in [-0.05, 0) is 12.1 Å². The van der Waals surface area contributed by atoms with Crippen molar-refractivity contribution in [1.29, 1.82) is 0 Å². The number of carbonyl (C=O) groups excluding carboxylic acids is 1. The molecule has 0 spiro atoms. The van der Waals surface area contributed by atoms with E-state index in [0.29, 0.717) is 12.2 Å². The van der Waals surface area contributed by atoms with Crippen molar-refractivity contribution in [3.63, 3.8) is 0 Å². The lowest BCUT2D eigenvalue weighted by Crippen LogP contribution is -2.23. The highest BCUT2D eigenvalue weighted by atomic mass is 16.1. The number of para-hydroxylation sites is 1.